The highest BCUT2D eigenvalue weighted by Gasteiger charge is 2.22. The van der Waals surface area contributed by atoms with Crippen LogP contribution >= 0.6 is 23.2 Å². The van der Waals surface area contributed by atoms with Gasteiger partial charge in [0.1, 0.15) is 17.9 Å². The maximum atomic E-state index is 6.79. The summed E-state index contributed by atoms with van der Waals surface area (Å²) in [7, 11) is 1.66. The van der Waals surface area contributed by atoms with Crippen LogP contribution in [0.3, 0.4) is 0 Å². The second kappa shape index (κ2) is 9.26. The van der Waals surface area contributed by atoms with E-state index in [1.54, 1.807) is 13.3 Å². The van der Waals surface area contributed by atoms with Gasteiger partial charge in [-0.3, -0.25) is 0 Å². The first kappa shape index (κ1) is 19.0. The van der Waals surface area contributed by atoms with Gasteiger partial charge < -0.3 is 19.7 Å². The van der Waals surface area contributed by atoms with E-state index in [2.05, 4.69) is 26.3 Å². The number of nitrogens with one attached hydrogen (secondary N) is 1. The molecule has 140 valence electrons. The molecule has 1 aliphatic rings. The van der Waals surface area contributed by atoms with Gasteiger partial charge in [-0.1, -0.05) is 11.6 Å². The van der Waals surface area contributed by atoms with E-state index >= 15 is 0 Å². The summed E-state index contributed by atoms with van der Waals surface area (Å²) in [5.41, 5.74) is 2.99. The molecule has 1 saturated heterocycles. The zero-order valence-corrected chi connectivity index (χ0v) is 16.2. The number of anilines is 2. The van der Waals surface area contributed by atoms with Gasteiger partial charge >= 0.3 is 0 Å². The molecule has 1 aromatic carbocycles. The molecule has 1 aliphatic heterocycles. The van der Waals surface area contributed by atoms with Gasteiger partial charge in [-0.25, -0.2) is 9.97 Å². The quantitative estimate of drug-likeness (QED) is 0.723. The van der Waals surface area contributed by atoms with Gasteiger partial charge in [0.25, 0.3) is 0 Å². The summed E-state index contributed by atoms with van der Waals surface area (Å²) < 4.78 is 11.1. The van der Waals surface area contributed by atoms with Crippen molar-refractivity contribution in [1.29, 1.82) is 0 Å². The van der Waals surface area contributed by atoms with Crippen molar-refractivity contribution in [2.24, 2.45) is 0 Å². The van der Waals surface area contributed by atoms with Gasteiger partial charge in [0, 0.05) is 54.6 Å². The van der Waals surface area contributed by atoms with E-state index in [4.69, 9.17) is 32.7 Å². The highest BCUT2D eigenvalue weighted by molar-refractivity contribution is 6.33. The Morgan fingerprint density at radius 3 is 2.77 bits per heavy atom. The van der Waals surface area contributed by atoms with E-state index in [1.807, 2.05) is 6.07 Å². The van der Waals surface area contributed by atoms with Crippen LogP contribution in [0.5, 0.6) is 5.75 Å². The summed E-state index contributed by atoms with van der Waals surface area (Å²) in [4.78, 5) is 10.4. The van der Waals surface area contributed by atoms with Crippen LogP contribution in [0.4, 0.5) is 11.5 Å². The highest BCUT2D eigenvalue weighted by atomic mass is 35.5. The van der Waals surface area contributed by atoms with Crippen molar-refractivity contribution in [2.45, 2.75) is 13.0 Å². The molecule has 1 aromatic heterocycles. The lowest BCUT2D eigenvalue weighted by Gasteiger charge is -2.32. The SMILES string of the molecule is COc1cc(N2CCOCC2)c(CNc2ccncn2)c(Cl)c1CCCl. The summed E-state index contributed by atoms with van der Waals surface area (Å²) in [6.07, 6.45) is 3.86. The Morgan fingerprint density at radius 1 is 1.31 bits per heavy atom. The lowest BCUT2D eigenvalue weighted by Crippen LogP contribution is -2.37. The summed E-state index contributed by atoms with van der Waals surface area (Å²) >= 11 is 12.8. The van der Waals surface area contributed by atoms with Crippen LogP contribution in [-0.2, 0) is 17.7 Å². The number of nitrogens with zero attached hydrogens (tertiary/aromatic N) is 3. The minimum atomic E-state index is 0.478. The molecule has 6 nitrogen and oxygen atoms in total. The van der Waals surface area contributed by atoms with E-state index in [9.17, 15) is 0 Å². The number of morpholine rings is 1. The van der Waals surface area contributed by atoms with Gasteiger partial charge in [-0.05, 0) is 12.5 Å². The molecule has 0 saturated carbocycles. The Bertz CT molecular complexity index is 725. The second-order valence-electron chi connectivity index (χ2n) is 5.86. The van der Waals surface area contributed by atoms with Gasteiger partial charge in [-0.2, -0.15) is 0 Å². The zero-order valence-electron chi connectivity index (χ0n) is 14.7. The summed E-state index contributed by atoms with van der Waals surface area (Å²) in [6, 6.07) is 3.88. The third-order valence-corrected chi connectivity index (χ3v) is 4.99. The first-order valence-corrected chi connectivity index (χ1v) is 9.42. The zero-order chi connectivity index (χ0) is 18.4. The lowest BCUT2D eigenvalue weighted by molar-refractivity contribution is 0.122. The van der Waals surface area contributed by atoms with Crippen LogP contribution in [0.15, 0.2) is 24.7 Å². The van der Waals surface area contributed by atoms with Gasteiger partial charge in [0.15, 0.2) is 0 Å². The summed E-state index contributed by atoms with van der Waals surface area (Å²) in [5, 5.41) is 4.01. The molecular formula is C18H22Cl2N4O2. The predicted octanol–water partition coefficient (Wildman–Crippen LogP) is 3.37. The molecular weight excluding hydrogens is 375 g/mol. The van der Waals surface area contributed by atoms with Crippen LogP contribution < -0.4 is 15.0 Å². The first-order valence-electron chi connectivity index (χ1n) is 8.51. The van der Waals surface area contributed by atoms with Crippen LogP contribution in [-0.4, -0.2) is 49.3 Å². The summed E-state index contributed by atoms with van der Waals surface area (Å²) in [6.45, 7) is 3.57. The highest BCUT2D eigenvalue weighted by Crippen LogP contribution is 2.38. The predicted molar refractivity (Wildman–Crippen MR) is 105 cm³/mol. The minimum absolute atomic E-state index is 0.478. The molecule has 0 atom stereocenters. The van der Waals surface area contributed by atoms with Crippen molar-refractivity contribution in [1.82, 2.24) is 9.97 Å². The number of hydrogen-bond acceptors (Lipinski definition) is 6. The number of methoxy groups -OCH3 is 1. The smallest absolute Gasteiger partial charge is 0.129 e. The largest absolute Gasteiger partial charge is 0.496 e. The van der Waals surface area contributed by atoms with E-state index < -0.39 is 0 Å². The topological polar surface area (TPSA) is 59.5 Å². The van der Waals surface area contributed by atoms with Crippen LogP contribution in [0.2, 0.25) is 5.02 Å². The molecule has 1 N–H and O–H groups in total. The number of hydrogen-bond donors (Lipinski definition) is 1. The van der Waals surface area contributed by atoms with E-state index in [0.717, 1.165) is 41.5 Å². The average Bonchev–Trinajstić information content (AvgIpc) is 2.70. The maximum Gasteiger partial charge on any atom is 0.129 e. The van der Waals surface area contributed by atoms with Crippen molar-refractivity contribution < 1.29 is 9.47 Å². The maximum absolute atomic E-state index is 6.79. The molecule has 0 amide bonds. The Labute approximate surface area is 163 Å². The van der Waals surface area contributed by atoms with Crippen molar-refractivity contribution >= 4 is 34.7 Å². The molecule has 0 radical (unpaired) electrons. The van der Waals surface area contributed by atoms with E-state index in [-0.39, 0.29) is 0 Å². The fourth-order valence-corrected chi connectivity index (χ4v) is 3.58. The standard InChI is InChI=1S/C18H22Cl2N4O2/c1-25-16-10-15(24-6-8-26-9-7-24)14(18(20)13(16)2-4-19)11-22-17-3-5-21-12-23-17/h3,5,10,12H,2,4,6-9,11H2,1H3,(H,21,22,23). The van der Waals surface area contributed by atoms with Crippen molar-refractivity contribution in [3.63, 3.8) is 0 Å². The van der Waals surface area contributed by atoms with Crippen LogP contribution in [0.1, 0.15) is 11.1 Å². The third kappa shape index (κ3) is 4.31. The number of aromatic nitrogens is 2. The Hall–Kier alpha value is -1.76. The molecule has 1 fully saturated rings. The monoisotopic (exact) mass is 396 g/mol. The van der Waals surface area contributed by atoms with Crippen LogP contribution in [0, 0.1) is 0 Å². The third-order valence-electron chi connectivity index (χ3n) is 4.35. The summed E-state index contributed by atoms with van der Waals surface area (Å²) in [5.74, 6) is 1.99. The van der Waals surface area contributed by atoms with Crippen LogP contribution in [0.25, 0.3) is 0 Å². The first-order chi connectivity index (χ1) is 12.7. The minimum Gasteiger partial charge on any atom is -0.496 e. The molecule has 0 spiro atoms. The fraction of sp³-hybridized carbons (Fsp3) is 0.444. The Balaban J connectivity index is 1.97. The molecule has 0 aliphatic carbocycles. The molecule has 0 unspecified atom stereocenters. The Morgan fingerprint density at radius 2 is 2.12 bits per heavy atom. The number of ether oxygens (including phenoxy) is 2. The molecule has 0 bridgehead atoms. The van der Waals surface area contributed by atoms with Crippen molar-refractivity contribution in [3.8, 4) is 5.75 Å². The number of benzene rings is 1. The Kier molecular flexibility index (Phi) is 6.77. The van der Waals surface area contributed by atoms with Gasteiger partial charge in [-0.15, -0.1) is 11.6 Å². The van der Waals surface area contributed by atoms with Crippen molar-refractivity contribution in [3.05, 3.63) is 40.8 Å². The number of rotatable bonds is 7. The second-order valence-corrected chi connectivity index (χ2v) is 6.61. The lowest BCUT2D eigenvalue weighted by atomic mass is 10.0. The van der Waals surface area contributed by atoms with Gasteiger partial charge in [0.05, 0.1) is 25.3 Å². The molecule has 3 rings (SSSR count). The molecule has 2 aromatic rings. The van der Waals surface area contributed by atoms with Gasteiger partial charge in [0.2, 0.25) is 0 Å². The molecule has 8 heteroatoms. The molecule has 2 heterocycles. The number of halogens is 2. The van der Waals surface area contributed by atoms with E-state index in [0.29, 0.717) is 37.1 Å². The molecule has 26 heavy (non-hydrogen) atoms. The number of alkyl halides is 1. The van der Waals surface area contributed by atoms with E-state index in [1.165, 1.54) is 6.33 Å². The van der Waals surface area contributed by atoms with Crippen molar-refractivity contribution in [2.75, 3.05) is 49.5 Å². The normalized spacial score (nSPS) is 14.3. The average molecular weight is 397 g/mol. The fourth-order valence-electron chi connectivity index (χ4n) is 3.04.